The summed E-state index contributed by atoms with van der Waals surface area (Å²) in [6, 6.07) is 0. The van der Waals surface area contributed by atoms with Gasteiger partial charge in [-0.3, -0.25) is 0 Å². The summed E-state index contributed by atoms with van der Waals surface area (Å²) < 4.78 is 1.99. The van der Waals surface area contributed by atoms with Crippen molar-refractivity contribution in [2.45, 2.75) is 70.8 Å². The van der Waals surface area contributed by atoms with E-state index in [1.807, 2.05) is 4.52 Å². The van der Waals surface area contributed by atoms with Gasteiger partial charge in [-0.1, -0.05) is 30.6 Å². The van der Waals surface area contributed by atoms with Crippen molar-refractivity contribution in [3.63, 3.8) is 0 Å². The molecule has 0 bridgehead atoms. The molecule has 6 heteroatoms. The minimum atomic E-state index is 0.159. The second-order valence-corrected chi connectivity index (χ2v) is 8.05. The first kappa shape index (κ1) is 14.9. The van der Waals surface area contributed by atoms with Crippen LogP contribution < -0.4 is 5.32 Å². The van der Waals surface area contributed by atoms with Gasteiger partial charge in [0.2, 0.25) is 4.96 Å². The van der Waals surface area contributed by atoms with Gasteiger partial charge >= 0.3 is 0 Å². The quantitative estimate of drug-likeness (QED) is 0.942. The molecule has 116 valence electrons. The molecule has 1 N–H and O–H groups in total. The van der Waals surface area contributed by atoms with Crippen molar-refractivity contribution in [1.29, 1.82) is 0 Å². The molecule has 0 aliphatic heterocycles. The van der Waals surface area contributed by atoms with Gasteiger partial charge < -0.3 is 5.32 Å². The fourth-order valence-corrected chi connectivity index (χ4v) is 3.77. The average Bonchev–Trinajstić information content (AvgIpc) is 2.98. The first-order valence-electron chi connectivity index (χ1n) is 7.99. The van der Waals surface area contributed by atoms with Gasteiger partial charge in [0.05, 0.1) is 0 Å². The summed E-state index contributed by atoms with van der Waals surface area (Å²) in [7, 11) is 0. The molecule has 0 amide bonds. The van der Waals surface area contributed by atoms with Crippen LogP contribution in [0.1, 0.15) is 69.6 Å². The van der Waals surface area contributed by atoms with Crippen LogP contribution >= 0.6 is 11.3 Å². The molecule has 2 aromatic rings. The van der Waals surface area contributed by atoms with Crippen LogP contribution in [-0.2, 0) is 6.42 Å². The molecule has 1 fully saturated rings. The molecule has 2 aromatic heterocycles. The van der Waals surface area contributed by atoms with E-state index in [-0.39, 0.29) is 5.54 Å². The number of hydrogen-bond acceptors (Lipinski definition) is 5. The van der Waals surface area contributed by atoms with Gasteiger partial charge in [-0.15, -0.1) is 10.2 Å². The molecule has 1 saturated carbocycles. The van der Waals surface area contributed by atoms with E-state index in [1.54, 1.807) is 11.3 Å². The second kappa shape index (κ2) is 6.01. The molecule has 1 aliphatic carbocycles. The summed E-state index contributed by atoms with van der Waals surface area (Å²) in [6.45, 7) is 7.51. The number of aromatic nitrogens is 4. The maximum Gasteiger partial charge on any atom is 0.234 e. The maximum absolute atomic E-state index is 4.74. The van der Waals surface area contributed by atoms with Gasteiger partial charge in [-0.2, -0.15) is 9.61 Å². The molecule has 0 atom stereocenters. The van der Waals surface area contributed by atoms with Crippen molar-refractivity contribution >= 4 is 16.3 Å². The minimum Gasteiger partial charge on any atom is -0.312 e. The topological polar surface area (TPSA) is 55.1 Å². The minimum absolute atomic E-state index is 0.159. The Morgan fingerprint density at radius 1 is 1.19 bits per heavy atom. The number of nitrogens with one attached hydrogen (secondary N) is 1. The first-order valence-corrected chi connectivity index (χ1v) is 8.81. The maximum atomic E-state index is 4.74. The highest BCUT2D eigenvalue weighted by Crippen LogP contribution is 2.32. The van der Waals surface area contributed by atoms with E-state index >= 15 is 0 Å². The van der Waals surface area contributed by atoms with Gasteiger partial charge in [0.25, 0.3) is 0 Å². The third-order valence-electron chi connectivity index (χ3n) is 4.02. The largest absolute Gasteiger partial charge is 0.312 e. The van der Waals surface area contributed by atoms with Crippen LogP contribution in [0.25, 0.3) is 4.96 Å². The second-order valence-electron chi connectivity index (χ2n) is 7.01. The molecule has 1 aliphatic rings. The highest BCUT2D eigenvalue weighted by atomic mass is 32.1. The monoisotopic (exact) mass is 307 g/mol. The molecule has 0 spiro atoms. The first-order chi connectivity index (χ1) is 10.0. The van der Waals surface area contributed by atoms with Crippen LogP contribution in [0.3, 0.4) is 0 Å². The van der Waals surface area contributed by atoms with Gasteiger partial charge in [0.15, 0.2) is 5.82 Å². The lowest BCUT2D eigenvalue weighted by atomic mass is 9.89. The number of rotatable bonds is 4. The van der Waals surface area contributed by atoms with E-state index in [1.165, 1.54) is 32.1 Å². The number of nitrogens with zero attached hydrogens (tertiary/aromatic N) is 4. The van der Waals surface area contributed by atoms with Crippen molar-refractivity contribution in [3.05, 3.63) is 10.8 Å². The predicted octanol–water partition coefficient (Wildman–Crippen LogP) is 3.16. The summed E-state index contributed by atoms with van der Waals surface area (Å²) in [5.41, 5.74) is 0.159. The summed E-state index contributed by atoms with van der Waals surface area (Å²) in [5.74, 6) is 1.63. The Hall–Kier alpha value is -1.01. The van der Waals surface area contributed by atoms with E-state index in [0.717, 1.165) is 28.8 Å². The zero-order chi connectivity index (χ0) is 14.9. The molecular weight excluding hydrogens is 282 g/mol. The highest BCUT2D eigenvalue weighted by Gasteiger charge is 2.22. The van der Waals surface area contributed by atoms with Crippen LogP contribution in [0.2, 0.25) is 0 Å². The van der Waals surface area contributed by atoms with E-state index in [9.17, 15) is 0 Å². The molecule has 5 nitrogen and oxygen atoms in total. The molecule has 3 rings (SSSR count). The summed E-state index contributed by atoms with van der Waals surface area (Å²) in [5, 5.41) is 18.1. The van der Waals surface area contributed by atoms with E-state index in [2.05, 4.69) is 36.3 Å². The fraction of sp³-hybridized carbons (Fsp3) is 0.800. The smallest absolute Gasteiger partial charge is 0.234 e. The molecule has 2 heterocycles. The standard InChI is InChI=1S/C15H25N5S/c1-15(2,3)16-10-9-12-19-20-13(17-18-14(20)21-12)11-7-5-4-6-8-11/h11,16H,4-10H2,1-3H3. The Labute approximate surface area is 130 Å². The summed E-state index contributed by atoms with van der Waals surface area (Å²) in [6.07, 6.45) is 7.41. The Morgan fingerprint density at radius 2 is 1.95 bits per heavy atom. The van der Waals surface area contributed by atoms with Crippen LogP contribution in [0.5, 0.6) is 0 Å². The van der Waals surface area contributed by atoms with Crippen LogP contribution in [0.4, 0.5) is 0 Å². The average molecular weight is 307 g/mol. The molecule has 0 radical (unpaired) electrons. The molecule has 0 aromatic carbocycles. The number of fused-ring (bicyclic) bond motifs is 1. The Morgan fingerprint density at radius 3 is 2.67 bits per heavy atom. The van der Waals surface area contributed by atoms with Crippen molar-refractivity contribution in [2.75, 3.05) is 6.54 Å². The molecule has 0 unspecified atom stereocenters. The molecular formula is C15H25N5S. The number of hydrogen-bond donors (Lipinski definition) is 1. The fourth-order valence-electron chi connectivity index (χ4n) is 2.93. The Kier molecular flexibility index (Phi) is 4.26. The van der Waals surface area contributed by atoms with Crippen molar-refractivity contribution in [3.8, 4) is 0 Å². The normalized spacial score (nSPS) is 17.7. The molecule has 0 saturated heterocycles. The zero-order valence-electron chi connectivity index (χ0n) is 13.2. The van der Waals surface area contributed by atoms with Gasteiger partial charge in [-0.05, 0) is 33.6 Å². The molecule has 21 heavy (non-hydrogen) atoms. The van der Waals surface area contributed by atoms with E-state index in [4.69, 9.17) is 5.10 Å². The van der Waals surface area contributed by atoms with Gasteiger partial charge in [0, 0.05) is 24.4 Å². The third-order valence-corrected chi connectivity index (χ3v) is 4.98. The SMILES string of the molecule is CC(C)(C)NCCc1nn2c(C3CCCCC3)nnc2s1. The lowest BCUT2D eigenvalue weighted by molar-refractivity contribution is 0.421. The van der Waals surface area contributed by atoms with Crippen LogP contribution in [0, 0.1) is 0 Å². The van der Waals surface area contributed by atoms with E-state index in [0.29, 0.717) is 5.92 Å². The van der Waals surface area contributed by atoms with Crippen LogP contribution in [0.15, 0.2) is 0 Å². The van der Waals surface area contributed by atoms with Gasteiger partial charge in [-0.25, -0.2) is 0 Å². The Balaban J connectivity index is 1.70. The predicted molar refractivity (Wildman–Crippen MR) is 85.9 cm³/mol. The van der Waals surface area contributed by atoms with E-state index < -0.39 is 0 Å². The summed E-state index contributed by atoms with van der Waals surface area (Å²) in [4.78, 5) is 0.946. The summed E-state index contributed by atoms with van der Waals surface area (Å²) >= 11 is 1.67. The lowest BCUT2D eigenvalue weighted by Gasteiger charge is -2.19. The zero-order valence-corrected chi connectivity index (χ0v) is 14.0. The van der Waals surface area contributed by atoms with Crippen molar-refractivity contribution < 1.29 is 0 Å². The Bertz CT molecular complexity index is 589. The van der Waals surface area contributed by atoms with Crippen molar-refractivity contribution in [1.82, 2.24) is 25.1 Å². The third kappa shape index (κ3) is 3.61. The van der Waals surface area contributed by atoms with Gasteiger partial charge in [0.1, 0.15) is 5.01 Å². The van der Waals surface area contributed by atoms with Crippen LogP contribution in [-0.4, -0.2) is 31.9 Å². The lowest BCUT2D eigenvalue weighted by Crippen LogP contribution is -2.37. The highest BCUT2D eigenvalue weighted by molar-refractivity contribution is 7.16. The van der Waals surface area contributed by atoms with Crippen molar-refractivity contribution in [2.24, 2.45) is 0 Å².